The smallest absolute Gasteiger partial charge is 0.324 e. The summed E-state index contributed by atoms with van der Waals surface area (Å²) in [5, 5.41) is 5.73. The van der Waals surface area contributed by atoms with Gasteiger partial charge in [-0.3, -0.25) is 19.3 Å². The van der Waals surface area contributed by atoms with Crippen LogP contribution in [0.2, 0.25) is 0 Å². The highest BCUT2D eigenvalue weighted by atomic mass is 32.2. The SMILES string of the molecule is Cc1ccc(NC(=O)C2CSCN2C(=O)CN2C(=O)NC3(CCc4ccccc43)C2=O)cc1C. The van der Waals surface area contributed by atoms with Crippen LogP contribution in [0.25, 0.3) is 0 Å². The van der Waals surface area contributed by atoms with E-state index in [1.54, 1.807) is 0 Å². The fraction of sp³-hybridized carbons (Fsp3) is 0.360. The highest BCUT2D eigenvalue weighted by Crippen LogP contribution is 2.41. The molecule has 2 heterocycles. The van der Waals surface area contributed by atoms with Crippen LogP contribution in [0.1, 0.15) is 28.7 Å². The van der Waals surface area contributed by atoms with Gasteiger partial charge in [0.1, 0.15) is 18.1 Å². The molecule has 0 aromatic heterocycles. The number of thioether (sulfide) groups is 1. The maximum absolute atomic E-state index is 13.4. The molecule has 1 spiro atoms. The summed E-state index contributed by atoms with van der Waals surface area (Å²) in [4.78, 5) is 54.7. The van der Waals surface area contributed by atoms with Crippen molar-refractivity contribution in [3.63, 3.8) is 0 Å². The second kappa shape index (κ2) is 8.47. The summed E-state index contributed by atoms with van der Waals surface area (Å²) < 4.78 is 0. The van der Waals surface area contributed by atoms with Gasteiger partial charge >= 0.3 is 6.03 Å². The molecule has 1 aliphatic carbocycles. The van der Waals surface area contributed by atoms with Crippen LogP contribution in [0.5, 0.6) is 0 Å². The third kappa shape index (κ3) is 3.64. The number of imide groups is 1. The number of rotatable bonds is 4. The van der Waals surface area contributed by atoms with Crippen molar-refractivity contribution in [3.05, 3.63) is 64.7 Å². The van der Waals surface area contributed by atoms with Crippen molar-refractivity contribution >= 4 is 41.2 Å². The van der Waals surface area contributed by atoms with Gasteiger partial charge in [-0.1, -0.05) is 30.3 Å². The first-order chi connectivity index (χ1) is 16.3. The van der Waals surface area contributed by atoms with E-state index in [1.165, 1.54) is 16.7 Å². The van der Waals surface area contributed by atoms with E-state index in [1.807, 2.05) is 56.3 Å². The second-order valence-corrected chi connectivity index (χ2v) is 10.1. The second-order valence-electron chi connectivity index (χ2n) is 9.05. The molecule has 2 aromatic rings. The third-order valence-electron chi connectivity index (χ3n) is 7.00. The Hall–Kier alpha value is -3.33. The van der Waals surface area contributed by atoms with E-state index in [-0.39, 0.29) is 12.5 Å². The minimum absolute atomic E-state index is 0.278. The fourth-order valence-corrected chi connectivity index (χ4v) is 6.09. The summed E-state index contributed by atoms with van der Waals surface area (Å²) in [6.07, 6.45) is 1.16. The minimum atomic E-state index is -1.10. The van der Waals surface area contributed by atoms with Crippen LogP contribution in [0.3, 0.4) is 0 Å². The zero-order valence-corrected chi connectivity index (χ0v) is 19.9. The molecule has 0 saturated carbocycles. The first-order valence-electron chi connectivity index (χ1n) is 11.3. The molecule has 2 unspecified atom stereocenters. The van der Waals surface area contributed by atoms with Crippen molar-refractivity contribution in [1.29, 1.82) is 0 Å². The van der Waals surface area contributed by atoms with Crippen LogP contribution >= 0.6 is 11.8 Å². The lowest BCUT2D eigenvalue weighted by atomic mass is 9.92. The molecule has 3 aliphatic rings. The third-order valence-corrected chi connectivity index (χ3v) is 8.01. The number of fused-ring (bicyclic) bond motifs is 2. The van der Waals surface area contributed by atoms with E-state index in [9.17, 15) is 19.2 Å². The first-order valence-corrected chi connectivity index (χ1v) is 12.4. The summed E-state index contributed by atoms with van der Waals surface area (Å²) in [5.41, 5.74) is 3.59. The lowest BCUT2D eigenvalue weighted by Gasteiger charge is -2.25. The summed E-state index contributed by atoms with van der Waals surface area (Å²) in [6, 6.07) is 12.0. The van der Waals surface area contributed by atoms with E-state index >= 15 is 0 Å². The summed E-state index contributed by atoms with van der Waals surface area (Å²) >= 11 is 1.47. The normalized spacial score (nSPS) is 23.4. The summed E-state index contributed by atoms with van der Waals surface area (Å²) in [6.45, 7) is 3.58. The Bertz CT molecular complexity index is 1220. The highest BCUT2D eigenvalue weighted by molar-refractivity contribution is 7.99. The molecule has 9 heteroatoms. The molecule has 5 amide bonds. The molecular formula is C25H26N4O4S. The molecule has 2 N–H and O–H groups in total. The quantitative estimate of drug-likeness (QED) is 0.658. The van der Waals surface area contributed by atoms with Crippen LogP contribution in [0.4, 0.5) is 10.5 Å². The molecule has 0 bridgehead atoms. The standard InChI is InChI=1S/C25H26N4O4S/c1-15-7-8-18(11-16(15)2)26-22(31)20-13-34-14-29(20)21(30)12-28-23(32)25(27-24(28)33)10-9-17-5-3-4-6-19(17)25/h3-8,11,20H,9-10,12-14H2,1-2H3,(H,26,31)(H,27,33). The fourth-order valence-electron chi connectivity index (χ4n) is 4.91. The summed E-state index contributed by atoms with van der Waals surface area (Å²) in [7, 11) is 0. The molecule has 2 atom stereocenters. The molecule has 8 nitrogen and oxygen atoms in total. The minimum Gasteiger partial charge on any atom is -0.324 e. The van der Waals surface area contributed by atoms with Crippen LogP contribution < -0.4 is 10.6 Å². The number of carbonyl (C=O) groups is 4. The Labute approximate surface area is 202 Å². The van der Waals surface area contributed by atoms with E-state index in [0.29, 0.717) is 30.2 Å². The number of urea groups is 1. The average Bonchev–Trinajstić information content (AvgIpc) is 3.51. The van der Waals surface area contributed by atoms with Gasteiger partial charge in [-0.25, -0.2) is 4.79 Å². The Kier molecular flexibility index (Phi) is 5.59. The zero-order chi connectivity index (χ0) is 24.0. The number of hydrogen-bond acceptors (Lipinski definition) is 5. The number of aryl methyl sites for hydroxylation is 3. The van der Waals surface area contributed by atoms with Gasteiger partial charge in [0.05, 0.1) is 5.88 Å². The molecule has 176 valence electrons. The maximum atomic E-state index is 13.4. The number of amides is 5. The molecule has 2 fully saturated rings. The maximum Gasteiger partial charge on any atom is 0.325 e. The molecule has 2 aromatic carbocycles. The van der Waals surface area contributed by atoms with Crippen LogP contribution in [-0.2, 0) is 26.3 Å². The number of anilines is 1. The topological polar surface area (TPSA) is 98.8 Å². The van der Waals surface area contributed by atoms with Crippen molar-refractivity contribution < 1.29 is 19.2 Å². The van der Waals surface area contributed by atoms with E-state index < -0.39 is 29.4 Å². The van der Waals surface area contributed by atoms with Gasteiger partial charge in [0.2, 0.25) is 11.8 Å². The molecule has 2 aliphatic heterocycles. The van der Waals surface area contributed by atoms with Gasteiger partial charge in [0.15, 0.2) is 0 Å². The van der Waals surface area contributed by atoms with Crippen LogP contribution in [0, 0.1) is 13.8 Å². The Morgan fingerprint density at radius 1 is 1.15 bits per heavy atom. The van der Waals surface area contributed by atoms with Gasteiger partial charge in [-0.05, 0) is 61.1 Å². The van der Waals surface area contributed by atoms with Gasteiger partial charge in [-0.2, -0.15) is 0 Å². The van der Waals surface area contributed by atoms with Crippen molar-refractivity contribution in [1.82, 2.24) is 15.1 Å². The lowest BCUT2D eigenvalue weighted by molar-refractivity contribution is -0.141. The van der Waals surface area contributed by atoms with E-state index in [2.05, 4.69) is 10.6 Å². The van der Waals surface area contributed by atoms with Gasteiger partial charge in [0, 0.05) is 11.4 Å². The number of nitrogens with one attached hydrogen (secondary N) is 2. The van der Waals surface area contributed by atoms with Gasteiger partial charge < -0.3 is 15.5 Å². The van der Waals surface area contributed by atoms with E-state index in [0.717, 1.165) is 27.2 Å². The summed E-state index contributed by atoms with van der Waals surface area (Å²) in [5.74, 6) is -0.308. The van der Waals surface area contributed by atoms with Crippen molar-refractivity contribution in [2.75, 3.05) is 23.5 Å². The number of hydrogen-bond donors (Lipinski definition) is 2. The largest absolute Gasteiger partial charge is 0.325 e. The van der Waals surface area contributed by atoms with Crippen LogP contribution in [0.15, 0.2) is 42.5 Å². The number of nitrogens with zero attached hydrogens (tertiary/aromatic N) is 2. The Morgan fingerprint density at radius 3 is 2.74 bits per heavy atom. The average molecular weight is 479 g/mol. The molecule has 0 radical (unpaired) electrons. The van der Waals surface area contributed by atoms with Crippen molar-refractivity contribution in [2.45, 2.75) is 38.3 Å². The lowest BCUT2D eigenvalue weighted by Crippen LogP contribution is -2.49. The van der Waals surface area contributed by atoms with Crippen molar-refractivity contribution in [3.8, 4) is 0 Å². The zero-order valence-electron chi connectivity index (χ0n) is 19.1. The van der Waals surface area contributed by atoms with Crippen LogP contribution in [-0.4, -0.2) is 57.8 Å². The number of benzene rings is 2. The monoisotopic (exact) mass is 478 g/mol. The Balaban J connectivity index is 1.29. The van der Waals surface area contributed by atoms with Gasteiger partial charge in [0.25, 0.3) is 5.91 Å². The predicted octanol–water partition coefficient (Wildman–Crippen LogP) is 2.54. The highest BCUT2D eigenvalue weighted by Gasteiger charge is 2.55. The van der Waals surface area contributed by atoms with Crippen molar-refractivity contribution in [2.24, 2.45) is 0 Å². The van der Waals surface area contributed by atoms with E-state index in [4.69, 9.17) is 0 Å². The predicted molar refractivity (Wildman–Crippen MR) is 129 cm³/mol. The van der Waals surface area contributed by atoms with Gasteiger partial charge in [-0.15, -0.1) is 11.8 Å². The molecule has 5 rings (SSSR count). The molecular weight excluding hydrogens is 452 g/mol. The Morgan fingerprint density at radius 2 is 1.94 bits per heavy atom. The first kappa shape index (κ1) is 22.5. The molecule has 2 saturated heterocycles. The molecule has 34 heavy (non-hydrogen) atoms. The number of carbonyl (C=O) groups excluding carboxylic acids is 4.